The lowest BCUT2D eigenvalue weighted by atomic mass is 9.95. The molecule has 0 fully saturated rings. The van der Waals surface area contributed by atoms with Crippen LogP contribution in [0.2, 0.25) is 0 Å². The molecule has 3 nitrogen and oxygen atoms in total. The van der Waals surface area contributed by atoms with Crippen molar-refractivity contribution in [3.8, 4) is 6.07 Å². The highest BCUT2D eigenvalue weighted by atomic mass is 16.2. The molecule has 0 aliphatic rings. The zero-order valence-corrected chi connectivity index (χ0v) is 10.1. The first kappa shape index (κ1) is 12.3. The lowest BCUT2D eigenvalue weighted by molar-refractivity contribution is -0.123. The molecule has 0 aliphatic carbocycles. The van der Waals surface area contributed by atoms with E-state index in [0.29, 0.717) is 11.3 Å². The number of hydrogen-bond acceptors (Lipinski definition) is 2. The Morgan fingerprint density at radius 3 is 2.50 bits per heavy atom. The standard InChI is InChI=1S/C13H16N2O/c1-9-6-5-7-11(10(9)8-14)15-12(16)13(2,3)4/h5-7H,1-4H3,(H,15,16). The SMILES string of the molecule is Cc1cccc(NC(=O)C(C)(C)C)c1C#N. The minimum Gasteiger partial charge on any atom is -0.324 e. The van der Waals surface area contributed by atoms with Crippen LogP contribution in [0.4, 0.5) is 5.69 Å². The predicted molar refractivity (Wildman–Crippen MR) is 64.0 cm³/mol. The summed E-state index contributed by atoms with van der Waals surface area (Å²) in [5, 5.41) is 11.8. The largest absolute Gasteiger partial charge is 0.324 e. The van der Waals surface area contributed by atoms with Gasteiger partial charge in [0, 0.05) is 5.41 Å². The summed E-state index contributed by atoms with van der Waals surface area (Å²) in [6.45, 7) is 7.36. The van der Waals surface area contributed by atoms with Gasteiger partial charge in [0.1, 0.15) is 6.07 Å². The van der Waals surface area contributed by atoms with Crippen LogP contribution in [0.25, 0.3) is 0 Å². The summed E-state index contributed by atoms with van der Waals surface area (Å²) in [6, 6.07) is 7.53. The van der Waals surface area contributed by atoms with Crippen molar-refractivity contribution in [2.75, 3.05) is 5.32 Å². The van der Waals surface area contributed by atoms with Crippen LogP contribution in [0.1, 0.15) is 31.9 Å². The van der Waals surface area contributed by atoms with Crippen LogP contribution >= 0.6 is 0 Å². The molecule has 0 atom stereocenters. The molecule has 0 aliphatic heterocycles. The summed E-state index contributed by atoms with van der Waals surface area (Å²) < 4.78 is 0. The molecule has 84 valence electrons. The van der Waals surface area contributed by atoms with Crippen molar-refractivity contribution in [3.05, 3.63) is 29.3 Å². The maximum absolute atomic E-state index is 11.8. The van der Waals surface area contributed by atoms with Crippen molar-refractivity contribution in [1.29, 1.82) is 5.26 Å². The fourth-order valence-electron chi connectivity index (χ4n) is 1.23. The number of amides is 1. The number of aryl methyl sites for hydroxylation is 1. The molecule has 0 aromatic heterocycles. The third kappa shape index (κ3) is 2.60. The van der Waals surface area contributed by atoms with Gasteiger partial charge in [0.25, 0.3) is 0 Å². The lowest BCUT2D eigenvalue weighted by Crippen LogP contribution is -2.28. The van der Waals surface area contributed by atoms with Gasteiger partial charge in [-0.05, 0) is 18.6 Å². The number of carbonyl (C=O) groups excluding carboxylic acids is 1. The Hall–Kier alpha value is -1.82. The highest BCUT2D eigenvalue weighted by Crippen LogP contribution is 2.22. The van der Waals surface area contributed by atoms with Crippen molar-refractivity contribution in [3.63, 3.8) is 0 Å². The average molecular weight is 216 g/mol. The number of anilines is 1. The number of carbonyl (C=O) groups is 1. The lowest BCUT2D eigenvalue weighted by Gasteiger charge is -2.18. The number of nitrogens with zero attached hydrogens (tertiary/aromatic N) is 1. The summed E-state index contributed by atoms with van der Waals surface area (Å²) in [5.74, 6) is -0.0883. The maximum atomic E-state index is 11.8. The summed E-state index contributed by atoms with van der Waals surface area (Å²) in [4.78, 5) is 11.8. The van der Waals surface area contributed by atoms with E-state index in [0.717, 1.165) is 5.56 Å². The van der Waals surface area contributed by atoms with Crippen LogP contribution < -0.4 is 5.32 Å². The summed E-state index contributed by atoms with van der Waals surface area (Å²) >= 11 is 0. The third-order valence-corrected chi connectivity index (χ3v) is 2.31. The quantitative estimate of drug-likeness (QED) is 0.784. The third-order valence-electron chi connectivity index (χ3n) is 2.31. The minimum atomic E-state index is -0.462. The number of hydrogen-bond donors (Lipinski definition) is 1. The Labute approximate surface area is 96.1 Å². The molecule has 1 aromatic rings. The number of nitriles is 1. The molecule has 1 aromatic carbocycles. The molecule has 0 saturated heterocycles. The van der Waals surface area contributed by atoms with Crippen LogP contribution in [-0.4, -0.2) is 5.91 Å². The van der Waals surface area contributed by atoms with Gasteiger partial charge in [0.05, 0.1) is 11.3 Å². The summed E-state index contributed by atoms with van der Waals surface area (Å²) in [6.07, 6.45) is 0. The van der Waals surface area contributed by atoms with E-state index in [-0.39, 0.29) is 5.91 Å². The second-order valence-electron chi connectivity index (χ2n) is 4.81. The first-order valence-electron chi connectivity index (χ1n) is 5.17. The molecule has 3 heteroatoms. The molecule has 0 radical (unpaired) electrons. The highest BCUT2D eigenvalue weighted by Gasteiger charge is 2.22. The molecule has 0 unspecified atom stereocenters. The Morgan fingerprint density at radius 2 is 2.00 bits per heavy atom. The van der Waals surface area contributed by atoms with Gasteiger partial charge in [-0.1, -0.05) is 32.9 Å². The topological polar surface area (TPSA) is 52.9 Å². The van der Waals surface area contributed by atoms with Gasteiger partial charge in [-0.15, -0.1) is 0 Å². The van der Waals surface area contributed by atoms with Gasteiger partial charge < -0.3 is 5.32 Å². The van der Waals surface area contributed by atoms with E-state index in [4.69, 9.17) is 5.26 Å². The van der Waals surface area contributed by atoms with Gasteiger partial charge in [-0.25, -0.2) is 0 Å². The molecule has 0 heterocycles. The van der Waals surface area contributed by atoms with E-state index in [1.807, 2.05) is 39.8 Å². The number of nitrogens with one attached hydrogen (secondary N) is 1. The van der Waals surface area contributed by atoms with Gasteiger partial charge in [-0.2, -0.15) is 5.26 Å². The average Bonchev–Trinajstić information content (AvgIpc) is 2.16. The maximum Gasteiger partial charge on any atom is 0.229 e. The smallest absolute Gasteiger partial charge is 0.229 e. The molecular weight excluding hydrogens is 200 g/mol. The fourth-order valence-corrected chi connectivity index (χ4v) is 1.23. The van der Waals surface area contributed by atoms with E-state index in [1.54, 1.807) is 6.07 Å². The Bertz CT molecular complexity index is 450. The molecule has 1 amide bonds. The van der Waals surface area contributed by atoms with E-state index >= 15 is 0 Å². The first-order chi connectivity index (χ1) is 7.36. The van der Waals surface area contributed by atoms with Crippen LogP contribution in [0.5, 0.6) is 0 Å². The van der Waals surface area contributed by atoms with E-state index in [2.05, 4.69) is 11.4 Å². The zero-order chi connectivity index (χ0) is 12.3. The Kier molecular flexibility index (Phi) is 3.34. The summed E-state index contributed by atoms with van der Waals surface area (Å²) in [5.41, 5.74) is 1.52. The molecule has 1 N–H and O–H groups in total. The van der Waals surface area contributed by atoms with Gasteiger partial charge in [-0.3, -0.25) is 4.79 Å². The van der Waals surface area contributed by atoms with E-state index < -0.39 is 5.41 Å². The van der Waals surface area contributed by atoms with E-state index in [1.165, 1.54) is 0 Å². The van der Waals surface area contributed by atoms with Crippen LogP contribution in [0.3, 0.4) is 0 Å². The minimum absolute atomic E-state index is 0.0883. The van der Waals surface area contributed by atoms with Crippen LogP contribution in [-0.2, 0) is 4.79 Å². The van der Waals surface area contributed by atoms with Crippen molar-refractivity contribution >= 4 is 11.6 Å². The monoisotopic (exact) mass is 216 g/mol. The van der Waals surface area contributed by atoms with Crippen molar-refractivity contribution in [1.82, 2.24) is 0 Å². The molecule has 1 rings (SSSR count). The van der Waals surface area contributed by atoms with Crippen molar-refractivity contribution in [2.45, 2.75) is 27.7 Å². The predicted octanol–water partition coefficient (Wildman–Crippen LogP) is 2.85. The zero-order valence-electron chi connectivity index (χ0n) is 10.1. The molecule has 0 spiro atoms. The summed E-state index contributed by atoms with van der Waals surface area (Å²) in [7, 11) is 0. The fraction of sp³-hybridized carbons (Fsp3) is 0.385. The van der Waals surface area contributed by atoms with Gasteiger partial charge in [0.2, 0.25) is 5.91 Å². The van der Waals surface area contributed by atoms with E-state index in [9.17, 15) is 4.79 Å². The first-order valence-corrected chi connectivity index (χ1v) is 5.17. The number of benzene rings is 1. The van der Waals surface area contributed by atoms with Crippen molar-refractivity contribution in [2.24, 2.45) is 5.41 Å². The van der Waals surface area contributed by atoms with Gasteiger partial charge >= 0.3 is 0 Å². The molecule has 0 bridgehead atoms. The normalized spacial score (nSPS) is 10.7. The van der Waals surface area contributed by atoms with Crippen LogP contribution in [0.15, 0.2) is 18.2 Å². The molecular formula is C13H16N2O. The van der Waals surface area contributed by atoms with Crippen molar-refractivity contribution < 1.29 is 4.79 Å². The molecule has 16 heavy (non-hydrogen) atoms. The van der Waals surface area contributed by atoms with Gasteiger partial charge in [0.15, 0.2) is 0 Å². The Morgan fingerprint density at radius 1 is 1.38 bits per heavy atom. The highest BCUT2D eigenvalue weighted by molar-refractivity contribution is 5.95. The Balaban J connectivity index is 3.04. The second kappa shape index (κ2) is 4.36. The molecule has 0 saturated carbocycles. The van der Waals surface area contributed by atoms with Crippen LogP contribution in [0, 0.1) is 23.7 Å². The number of rotatable bonds is 1. The second-order valence-corrected chi connectivity index (χ2v) is 4.81.